The minimum absolute atomic E-state index is 0.0128. The zero-order chi connectivity index (χ0) is 13.6. The van der Waals surface area contributed by atoms with Crippen LogP contribution >= 0.6 is 0 Å². The molecule has 0 N–H and O–H groups in total. The van der Waals surface area contributed by atoms with Crippen molar-refractivity contribution in [3.63, 3.8) is 0 Å². The van der Waals surface area contributed by atoms with Gasteiger partial charge < -0.3 is 0 Å². The first-order valence-corrected chi connectivity index (χ1v) is 6.66. The highest BCUT2D eigenvalue weighted by molar-refractivity contribution is 6.28. The Morgan fingerprint density at radius 1 is 1.11 bits per heavy atom. The molecule has 0 heterocycles. The minimum atomic E-state index is -0.0143. The first kappa shape index (κ1) is 12.1. The van der Waals surface area contributed by atoms with Gasteiger partial charge in [-0.05, 0) is 18.3 Å². The molecule has 2 aliphatic rings. The smallest absolute Gasteiger partial charge is 0.194 e. The second-order valence-electron chi connectivity index (χ2n) is 5.61. The number of hydrogen-bond donors (Lipinski definition) is 0. The van der Waals surface area contributed by atoms with Crippen molar-refractivity contribution in [2.45, 2.75) is 26.7 Å². The average molecular weight is 252 g/mol. The van der Waals surface area contributed by atoms with Crippen LogP contribution in [0.3, 0.4) is 0 Å². The van der Waals surface area contributed by atoms with Crippen molar-refractivity contribution in [1.82, 2.24) is 0 Å². The van der Waals surface area contributed by atoms with Crippen molar-refractivity contribution in [2.24, 2.45) is 5.41 Å². The number of ketones is 2. The molecule has 0 bridgehead atoms. The van der Waals surface area contributed by atoms with Crippen LogP contribution < -0.4 is 0 Å². The molecule has 0 radical (unpaired) electrons. The van der Waals surface area contributed by atoms with Gasteiger partial charge in [0.1, 0.15) is 0 Å². The molecule has 0 saturated carbocycles. The molecular weight excluding hydrogens is 236 g/mol. The van der Waals surface area contributed by atoms with Crippen LogP contribution in [0.1, 0.15) is 47.4 Å². The molecule has 0 fully saturated rings. The van der Waals surface area contributed by atoms with E-state index in [2.05, 4.69) is 19.9 Å². The second kappa shape index (κ2) is 4.02. The number of Topliss-reactive ketones (excluding diaryl/α,β-unsaturated/α-hetero) is 2. The van der Waals surface area contributed by atoms with Gasteiger partial charge in [0.15, 0.2) is 11.6 Å². The summed E-state index contributed by atoms with van der Waals surface area (Å²) in [5, 5.41) is 0. The van der Waals surface area contributed by atoms with E-state index in [9.17, 15) is 9.59 Å². The second-order valence-corrected chi connectivity index (χ2v) is 5.61. The van der Waals surface area contributed by atoms with E-state index < -0.39 is 0 Å². The lowest BCUT2D eigenvalue weighted by Crippen LogP contribution is -2.28. The van der Waals surface area contributed by atoms with E-state index in [0.717, 1.165) is 6.42 Å². The van der Waals surface area contributed by atoms with Gasteiger partial charge in [-0.15, -0.1) is 0 Å². The van der Waals surface area contributed by atoms with Crippen LogP contribution in [0.5, 0.6) is 0 Å². The highest BCUT2D eigenvalue weighted by Gasteiger charge is 2.36. The lowest BCUT2D eigenvalue weighted by Gasteiger charge is -2.32. The molecule has 2 heteroatoms. The SMILES string of the molecule is CCC1(C)C=CC2=C(C1)C(=O)c1ccccc1C2=O. The Morgan fingerprint density at radius 2 is 1.74 bits per heavy atom. The maximum atomic E-state index is 12.6. The molecule has 1 unspecified atom stereocenters. The maximum Gasteiger partial charge on any atom is 0.194 e. The number of hydrogen-bond acceptors (Lipinski definition) is 2. The standard InChI is InChI=1S/C17H16O2/c1-3-17(2)9-8-13-14(10-17)16(19)12-7-5-4-6-11(12)15(13)18/h4-9H,3,10H2,1-2H3. The molecule has 1 atom stereocenters. The number of allylic oxidation sites excluding steroid dienone is 4. The van der Waals surface area contributed by atoms with Crippen LogP contribution in [-0.2, 0) is 0 Å². The van der Waals surface area contributed by atoms with E-state index in [1.807, 2.05) is 12.1 Å². The fourth-order valence-corrected chi connectivity index (χ4v) is 2.79. The van der Waals surface area contributed by atoms with Gasteiger partial charge in [-0.1, -0.05) is 50.3 Å². The monoisotopic (exact) mass is 252 g/mol. The van der Waals surface area contributed by atoms with Crippen molar-refractivity contribution in [3.05, 3.63) is 58.7 Å². The van der Waals surface area contributed by atoms with Crippen LogP contribution in [0.2, 0.25) is 0 Å². The molecule has 0 spiro atoms. The summed E-state index contributed by atoms with van der Waals surface area (Å²) in [7, 11) is 0. The summed E-state index contributed by atoms with van der Waals surface area (Å²) in [5.41, 5.74) is 2.36. The number of rotatable bonds is 1. The van der Waals surface area contributed by atoms with E-state index in [1.165, 1.54) is 0 Å². The number of carbonyl (C=O) groups excluding carboxylic acids is 2. The van der Waals surface area contributed by atoms with E-state index in [4.69, 9.17) is 0 Å². The molecule has 2 nitrogen and oxygen atoms in total. The Hall–Kier alpha value is -1.96. The van der Waals surface area contributed by atoms with Gasteiger partial charge in [-0.2, -0.15) is 0 Å². The summed E-state index contributed by atoms with van der Waals surface area (Å²) in [6.07, 6.45) is 5.54. The summed E-state index contributed by atoms with van der Waals surface area (Å²) in [4.78, 5) is 25.0. The molecule has 3 rings (SSSR count). The molecule has 1 aromatic rings. The van der Waals surface area contributed by atoms with Crippen molar-refractivity contribution in [1.29, 1.82) is 0 Å². The van der Waals surface area contributed by atoms with Gasteiger partial charge in [0.05, 0.1) is 0 Å². The zero-order valence-corrected chi connectivity index (χ0v) is 11.2. The average Bonchev–Trinajstić information content (AvgIpc) is 2.45. The third-order valence-corrected chi connectivity index (χ3v) is 4.30. The summed E-state index contributed by atoms with van der Waals surface area (Å²) in [6.45, 7) is 4.24. The number of carbonyl (C=O) groups is 2. The van der Waals surface area contributed by atoms with Crippen molar-refractivity contribution in [3.8, 4) is 0 Å². The van der Waals surface area contributed by atoms with Crippen molar-refractivity contribution in [2.75, 3.05) is 0 Å². The highest BCUT2D eigenvalue weighted by atomic mass is 16.1. The topological polar surface area (TPSA) is 34.1 Å². The first-order chi connectivity index (χ1) is 9.06. The molecular formula is C17H16O2. The third-order valence-electron chi connectivity index (χ3n) is 4.30. The van der Waals surface area contributed by atoms with Crippen LogP contribution in [0.25, 0.3) is 0 Å². The fourth-order valence-electron chi connectivity index (χ4n) is 2.79. The molecule has 0 amide bonds. The lowest BCUT2D eigenvalue weighted by atomic mass is 9.70. The van der Waals surface area contributed by atoms with Crippen LogP contribution in [0, 0.1) is 5.41 Å². The summed E-state index contributed by atoms with van der Waals surface area (Å²) in [6, 6.07) is 7.10. The van der Waals surface area contributed by atoms with E-state index in [0.29, 0.717) is 28.7 Å². The highest BCUT2D eigenvalue weighted by Crippen LogP contribution is 2.41. The molecule has 1 aromatic carbocycles. The summed E-state index contributed by atoms with van der Waals surface area (Å²) in [5.74, 6) is 0.00817. The minimum Gasteiger partial charge on any atom is -0.289 e. The van der Waals surface area contributed by atoms with Gasteiger partial charge in [0, 0.05) is 22.3 Å². The predicted octanol–water partition coefficient (Wildman–Crippen LogP) is 3.74. The Bertz CT molecular complexity index is 649. The van der Waals surface area contributed by atoms with Crippen LogP contribution in [0.15, 0.2) is 47.6 Å². The van der Waals surface area contributed by atoms with E-state index in [1.54, 1.807) is 18.2 Å². The first-order valence-electron chi connectivity index (χ1n) is 6.66. The zero-order valence-electron chi connectivity index (χ0n) is 11.2. The van der Waals surface area contributed by atoms with E-state index in [-0.39, 0.29) is 17.0 Å². The van der Waals surface area contributed by atoms with Crippen LogP contribution in [-0.4, -0.2) is 11.6 Å². The molecule has 19 heavy (non-hydrogen) atoms. The van der Waals surface area contributed by atoms with E-state index >= 15 is 0 Å². The molecule has 2 aliphatic carbocycles. The molecule has 0 saturated heterocycles. The Morgan fingerprint density at radius 3 is 2.37 bits per heavy atom. The van der Waals surface area contributed by atoms with Gasteiger partial charge in [-0.25, -0.2) is 0 Å². The van der Waals surface area contributed by atoms with Crippen molar-refractivity contribution < 1.29 is 9.59 Å². The molecule has 0 aromatic heterocycles. The quantitative estimate of drug-likeness (QED) is 0.763. The Kier molecular flexibility index (Phi) is 2.56. The fraction of sp³-hybridized carbons (Fsp3) is 0.294. The normalized spacial score (nSPS) is 25.4. The summed E-state index contributed by atoms with van der Waals surface area (Å²) < 4.78 is 0. The third kappa shape index (κ3) is 1.71. The summed E-state index contributed by atoms with van der Waals surface area (Å²) >= 11 is 0. The number of fused-ring (bicyclic) bond motifs is 1. The maximum absolute atomic E-state index is 12.6. The predicted molar refractivity (Wildman–Crippen MR) is 74.3 cm³/mol. The van der Waals surface area contributed by atoms with Gasteiger partial charge in [0.25, 0.3) is 0 Å². The Labute approximate surface area is 112 Å². The van der Waals surface area contributed by atoms with Crippen LogP contribution in [0.4, 0.5) is 0 Å². The number of benzene rings is 1. The molecule has 0 aliphatic heterocycles. The lowest BCUT2D eigenvalue weighted by molar-refractivity contribution is 0.0967. The van der Waals surface area contributed by atoms with Gasteiger partial charge >= 0.3 is 0 Å². The van der Waals surface area contributed by atoms with Crippen molar-refractivity contribution >= 4 is 11.6 Å². The largest absolute Gasteiger partial charge is 0.289 e. The van der Waals surface area contributed by atoms with Gasteiger partial charge in [0.2, 0.25) is 0 Å². The van der Waals surface area contributed by atoms with Gasteiger partial charge in [-0.3, -0.25) is 9.59 Å². The molecule has 96 valence electrons. The Balaban J connectivity index is 2.15.